The van der Waals surface area contributed by atoms with Gasteiger partial charge in [0.15, 0.2) is 0 Å². The highest BCUT2D eigenvalue weighted by atomic mass is 32.1. The lowest BCUT2D eigenvalue weighted by atomic mass is 10.1. The second-order valence-corrected chi connectivity index (χ2v) is 8.48. The van der Waals surface area contributed by atoms with E-state index in [2.05, 4.69) is 48.0 Å². The van der Waals surface area contributed by atoms with Crippen molar-refractivity contribution in [3.8, 4) is 16.2 Å². The van der Waals surface area contributed by atoms with Crippen LogP contribution in [0.15, 0.2) is 42.6 Å². The van der Waals surface area contributed by atoms with E-state index in [9.17, 15) is 0 Å². The summed E-state index contributed by atoms with van der Waals surface area (Å²) in [5, 5.41) is 0. The smallest absolute Gasteiger partial charge is 0.131 e. The van der Waals surface area contributed by atoms with Crippen molar-refractivity contribution in [2.75, 3.05) is 13.7 Å². The molecule has 4 rings (SSSR count). The first kappa shape index (κ1) is 18.1. The number of benzene rings is 1. The molecule has 3 aromatic rings. The molecule has 140 valence electrons. The molecule has 0 fully saturated rings. The number of aromatic nitrogens is 2. The molecule has 0 bridgehead atoms. The summed E-state index contributed by atoms with van der Waals surface area (Å²) in [5.41, 5.74) is 3.72. The zero-order chi connectivity index (χ0) is 18.8. The third-order valence-electron chi connectivity index (χ3n) is 4.94. The highest BCUT2D eigenvalue weighted by Gasteiger charge is 2.19. The van der Waals surface area contributed by atoms with Gasteiger partial charge in [-0.2, -0.15) is 0 Å². The van der Waals surface area contributed by atoms with Crippen molar-refractivity contribution in [2.24, 2.45) is 0 Å². The van der Waals surface area contributed by atoms with Gasteiger partial charge in [-0.1, -0.05) is 26.0 Å². The van der Waals surface area contributed by atoms with E-state index in [1.807, 2.05) is 29.7 Å². The first-order valence-electron chi connectivity index (χ1n) is 9.42. The summed E-state index contributed by atoms with van der Waals surface area (Å²) >= 11 is 1.86. The maximum Gasteiger partial charge on any atom is 0.131 e. The molecule has 0 radical (unpaired) electrons. The third-order valence-corrected chi connectivity index (χ3v) is 6.06. The molecule has 0 aliphatic carbocycles. The fourth-order valence-electron chi connectivity index (χ4n) is 3.42. The van der Waals surface area contributed by atoms with E-state index in [-0.39, 0.29) is 0 Å². The SMILES string of the molecule is COc1cccc(-c2ccc(CN3CCc4nc(C(C)C)ncc4C3)s2)c1. The van der Waals surface area contributed by atoms with Crippen LogP contribution in [0.25, 0.3) is 10.4 Å². The maximum atomic E-state index is 5.35. The second kappa shape index (κ2) is 7.79. The van der Waals surface area contributed by atoms with Crippen LogP contribution in [0.2, 0.25) is 0 Å². The zero-order valence-electron chi connectivity index (χ0n) is 16.1. The summed E-state index contributed by atoms with van der Waals surface area (Å²) in [7, 11) is 1.71. The van der Waals surface area contributed by atoms with Crippen molar-refractivity contribution in [1.82, 2.24) is 14.9 Å². The van der Waals surface area contributed by atoms with Crippen molar-refractivity contribution in [3.05, 3.63) is 64.6 Å². The van der Waals surface area contributed by atoms with E-state index in [1.165, 1.54) is 26.6 Å². The van der Waals surface area contributed by atoms with E-state index in [4.69, 9.17) is 9.72 Å². The van der Waals surface area contributed by atoms with Gasteiger partial charge < -0.3 is 4.74 Å². The number of hydrogen-bond donors (Lipinski definition) is 0. The van der Waals surface area contributed by atoms with Crippen LogP contribution < -0.4 is 4.74 Å². The van der Waals surface area contributed by atoms with Crippen LogP contribution in [0, 0.1) is 0 Å². The summed E-state index contributed by atoms with van der Waals surface area (Å²) in [6, 6.07) is 12.7. The van der Waals surface area contributed by atoms with Gasteiger partial charge in [0, 0.05) is 59.2 Å². The molecule has 4 nitrogen and oxygen atoms in total. The molecule has 3 heterocycles. The first-order chi connectivity index (χ1) is 13.1. The predicted molar refractivity (Wildman–Crippen MR) is 110 cm³/mol. The first-order valence-corrected chi connectivity index (χ1v) is 10.2. The molecular weight excluding hydrogens is 354 g/mol. The van der Waals surface area contributed by atoms with Crippen molar-refractivity contribution in [2.45, 2.75) is 39.3 Å². The van der Waals surface area contributed by atoms with E-state index in [0.717, 1.165) is 37.6 Å². The van der Waals surface area contributed by atoms with Crippen molar-refractivity contribution in [1.29, 1.82) is 0 Å². The molecule has 0 amide bonds. The molecule has 1 aromatic carbocycles. The van der Waals surface area contributed by atoms with Crippen molar-refractivity contribution >= 4 is 11.3 Å². The highest BCUT2D eigenvalue weighted by Crippen LogP contribution is 2.31. The van der Waals surface area contributed by atoms with Gasteiger partial charge in [0.05, 0.1) is 7.11 Å². The van der Waals surface area contributed by atoms with Gasteiger partial charge in [-0.3, -0.25) is 4.90 Å². The molecule has 1 aliphatic heterocycles. The molecule has 0 saturated carbocycles. The number of methoxy groups -OCH3 is 1. The molecule has 1 aliphatic rings. The van der Waals surface area contributed by atoms with E-state index < -0.39 is 0 Å². The average Bonchev–Trinajstić information content (AvgIpc) is 3.16. The maximum absolute atomic E-state index is 5.35. The Labute approximate surface area is 164 Å². The number of ether oxygens (including phenoxy) is 1. The number of nitrogens with zero attached hydrogens (tertiary/aromatic N) is 3. The Morgan fingerprint density at radius 2 is 2.11 bits per heavy atom. The van der Waals surface area contributed by atoms with Gasteiger partial charge in [-0.25, -0.2) is 9.97 Å². The van der Waals surface area contributed by atoms with Gasteiger partial charge >= 0.3 is 0 Å². The minimum atomic E-state index is 0.384. The van der Waals surface area contributed by atoms with Crippen LogP contribution in [0.5, 0.6) is 5.75 Å². The van der Waals surface area contributed by atoms with E-state index in [0.29, 0.717) is 5.92 Å². The largest absolute Gasteiger partial charge is 0.497 e. The minimum Gasteiger partial charge on any atom is -0.497 e. The third kappa shape index (κ3) is 4.04. The van der Waals surface area contributed by atoms with Gasteiger partial charge in [-0.15, -0.1) is 11.3 Å². The molecule has 0 unspecified atom stereocenters. The Kier molecular flexibility index (Phi) is 5.23. The Balaban J connectivity index is 1.45. The van der Waals surface area contributed by atoms with Crippen LogP contribution in [-0.4, -0.2) is 28.5 Å². The minimum absolute atomic E-state index is 0.384. The fraction of sp³-hybridized carbons (Fsp3) is 0.364. The Bertz CT molecular complexity index is 935. The Hall–Kier alpha value is -2.24. The Morgan fingerprint density at radius 1 is 1.22 bits per heavy atom. The van der Waals surface area contributed by atoms with Crippen molar-refractivity contribution < 1.29 is 4.74 Å². The van der Waals surface area contributed by atoms with Crippen LogP contribution in [0.3, 0.4) is 0 Å². The van der Waals surface area contributed by atoms with E-state index in [1.54, 1.807) is 7.11 Å². The summed E-state index contributed by atoms with van der Waals surface area (Å²) < 4.78 is 5.35. The van der Waals surface area contributed by atoms with Gasteiger partial charge in [0.2, 0.25) is 0 Å². The Morgan fingerprint density at radius 3 is 2.93 bits per heavy atom. The van der Waals surface area contributed by atoms with Crippen LogP contribution in [-0.2, 0) is 19.5 Å². The highest BCUT2D eigenvalue weighted by molar-refractivity contribution is 7.15. The lowest BCUT2D eigenvalue weighted by Crippen LogP contribution is -2.30. The molecule has 0 spiro atoms. The van der Waals surface area contributed by atoms with Crippen LogP contribution >= 0.6 is 11.3 Å². The van der Waals surface area contributed by atoms with Gasteiger partial charge in [0.25, 0.3) is 0 Å². The monoisotopic (exact) mass is 379 g/mol. The van der Waals surface area contributed by atoms with E-state index >= 15 is 0 Å². The number of rotatable bonds is 5. The average molecular weight is 380 g/mol. The summed E-state index contributed by atoms with van der Waals surface area (Å²) in [6.45, 7) is 7.25. The summed E-state index contributed by atoms with van der Waals surface area (Å²) in [6.07, 6.45) is 3.03. The quantitative estimate of drug-likeness (QED) is 0.632. The van der Waals surface area contributed by atoms with Crippen LogP contribution in [0.4, 0.5) is 0 Å². The molecular formula is C22H25N3OS. The van der Waals surface area contributed by atoms with Gasteiger partial charge in [0.1, 0.15) is 11.6 Å². The topological polar surface area (TPSA) is 38.2 Å². The fourth-order valence-corrected chi connectivity index (χ4v) is 4.46. The molecule has 27 heavy (non-hydrogen) atoms. The lowest BCUT2D eigenvalue weighted by molar-refractivity contribution is 0.244. The molecule has 5 heteroatoms. The molecule has 0 saturated heterocycles. The number of hydrogen-bond acceptors (Lipinski definition) is 5. The zero-order valence-corrected chi connectivity index (χ0v) is 16.9. The molecule has 0 N–H and O–H groups in total. The molecule has 2 aromatic heterocycles. The number of fused-ring (bicyclic) bond motifs is 1. The normalized spacial score (nSPS) is 14.4. The standard InChI is InChI=1S/C22H25N3OS/c1-15(2)22-23-12-17-13-25(10-9-20(17)24-22)14-19-7-8-21(27-19)16-5-4-6-18(11-16)26-3/h4-8,11-12,15H,9-10,13-14H2,1-3H3. The van der Waals surface area contributed by atoms with Crippen molar-refractivity contribution in [3.63, 3.8) is 0 Å². The lowest BCUT2D eigenvalue weighted by Gasteiger charge is -2.27. The van der Waals surface area contributed by atoms with Crippen LogP contribution in [0.1, 0.15) is 41.7 Å². The molecule has 0 atom stereocenters. The van der Waals surface area contributed by atoms with Gasteiger partial charge in [-0.05, 0) is 29.8 Å². The summed E-state index contributed by atoms with van der Waals surface area (Å²) in [5.74, 6) is 2.24. The number of thiophene rings is 1. The summed E-state index contributed by atoms with van der Waals surface area (Å²) in [4.78, 5) is 14.5. The predicted octanol–water partition coefficient (Wildman–Crippen LogP) is 4.90. The second-order valence-electron chi connectivity index (χ2n) is 7.31.